The van der Waals surface area contributed by atoms with Crippen LogP contribution in [0.5, 0.6) is 5.75 Å². The topological polar surface area (TPSA) is 38.2 Å². The molecule has 1 fully saturated rings. The van der Waals surface area contributed by atoms with Gasteiger partial charge in [-0.1, -0.05) is 11.6 Å². The van der Waals surface area contributed by atoms with Gasteiger partial charge in [-0.3, -0.25) is 4.90 Å². The summed E-state index contributed by atoms with van der Waals surface area (Å²) in [5.41, 5.74) is 0. The lowest BCUT2D eigenvalue weighted by Gasteiger charge is -2.29. The molecule has 76 valence electrons. The van der Waals surface area contributed by atoms with Gasteiger partial charge in [0.25, 0.3) is 0 Å². The third-order valence-corrected chi connectivity index (χ3v) is 2.57. The van der Waals surface area contributed by atoms with E-state index >= 15 is 0 Å². The van der Waals surface area contributed by atoms with Gasteiger partial charge >= 0.3 is 0 Å². The maximum atomic E-state index is 5.88. The summed E-state index contributed by atoms with van der Waals surface area (Å²) in [4.78, 5) is 10.6. The first kappa shape index (κ1) is 9.68. The van der Waals surface area contributed by atoms with Crippen molar-refractivity contribution >= 4 is 11.6 Å². The first-order valence-corrected chi connectivity index (χ1v) is 4.95. The lowest BCUT2D eigenvalue weighted by molar-refractivity contribution is 0.168. The molecular weight excluding hydrogens is 202 g/mol. The van der Waals surface area contributed by atoms with Crippen molar-refractivity contribution in [2.24, 2.45) is 0 Å². The molecule has 0 amide bonds. The normalized spacial score (nSPS) is 16.4. The SMILES string of the molecule is COc1cnc(CN2CCC2)nc1Cl. The van der Waals surface area contributed by atoms with E-state index in [1.165, 1.54) is 6.42 Å². The second-order valence-corrected chi connectivity index (χ2v) is 3.63. The van der Waals surface area contributed by atoms with Gasteiger partial charge in [0.05, 0.1) is 19.9 Å². The van der Waals surface area contributed by atoms with Crippen LogP contribution >= 0.6 is 11.6 Å². The second-order valence-electron chi connectivity index (χ2n) is 3.28. The number of halogens is 1. The highest BCUT2D eigenvalue weighted by Crippen LogP contribution is 2.20. The number of rotatable bonds is 3. The summed E-state index contributed by atoms with van der Waals surface area (Å²) in [6.45, 7) is 3.05. The van der Waals surface area contributed by atoms with Crippen LogP contribution in [0.15, 0.2) is 6.20 Å². The predicted octanol–water partition coefficient (Wildman–Crippen LogP) is 1.34. The van der Waals surface area contributed by atoms with Gasteiger partial charge in [-0.15, -0.1) is 0 Å². The molecule has 1 aliphatic rings. The molecule has 1 saturated heterocycles. The molecule has 0 spiro atoms. The van der Waals surface area contributed by atoms with E-state index in [1.807, 2.05) is 0 Å². The van der Waals surface area contributed by atoms with E-state index in [1.54, 1.807) is 13.3 Å². The molecule has 2 heterocycles. The number of methoxy groups -OCH3 is 1. The largest absolute Gasteiger partial charge is 0.492 e. The van der Waals surface area contributed by atoms with Crippen molar-refractivity contribution in [3.63, 3.8) is 0 Å². The Bertz CT molecular complexity index is 328. The van der Waals surface area contributed by atoms with Gasteiger partial charge in [0.15, 0.2) is 10.9 Å². The molecule has 0 aromatic carbocycles. The van der Waals surface area contributed by atoms with Crippen LogP contribution in [0.1, 0.15) is 12.2 Å². The van der Waals surface area contributed by atoms with E-state index in [0.29, 0.717) is 10.9 Å². The Balaban J connectivity index is 2.07. The number of likely N-dealkylation sites (tertiary alicyclic amines) is 1. The molecule has 2 rings (SSSR count). The second kappa shape index (κ2) is 4.11. The Morgan fingerprint density at radius 1 is 1.57 bits per heavy atom. The van der Waals surface area contributed by atoms with Crippen LogP contribution in [0.25, 0.3) is 0 Å². The van der Waals surface area contributed by atoms with Gasteiger partial charge in [0.2, 0.25) is 0 Å². The van der Waals surface area contributed by atoms with Crippen molar-refractivity contribution in [3.05, 3.63) is 17.2 Å². The summed E-state index contributed by atoms with van der Waals surface area (Å²) in [6, 6.07) is 0. The fourth-order valence-corrected chi connectivity index (χ4v) is 1.56. The predicted molar refractivity (Wildman–Crippen MR) is 53.5 cm³/mol. The molecule has 5 heteroatoms. The molecule has 0 bridgehead atoms. The zero-order valence-corrected chi connectivity index (χ0v) is 8.79. The number of aromatic nitrogens is 2. The third kappa shape index (κ3) is 1.96. The van der Waals surface area contributed by atoms with Crippen LogP contribution in [0.4, 0.5) is 0 Å². The summed E-state index contributed by atoms with van der Waals surface area (Å²) < 4.78 is 4.97. The van der Waals surface area contributed by atoms with E-state index in [4.69, 9.17) is 16.3 Å². The lowest BCUT2D eigenvalue weighted by atomic mass is 10.2. The van der Waals surface area contributed by atoms with Gasteiger partial charge in [0.1, 0.15) is 5.82 Å². The van der Waals surface area contributed by atoms with E-state index in [9.17, 15) is 0 Å². The molecule has 0 saturated carbocycles. The van der Waals surface area contributed by atoms with Gasteiger partial charge in [-0.05, 0) is 19.5 Å². The van der Waals surface area contributed by atoms with Crippen LogP contribution in [0.2, 0.25) is 5.15 Å². The lowest BCUT2D eigenvalue weighted by Crippen LogP contribution is -2.36. The highest BCUT2D eigenvalue weighted by Gasteiger charge is 2.15. The summed E-state index contributed by atoms with van der Waals surface area (Å²) >= 11 is 5.88. The Hall–Kier alpha value is -0.870. The fraction of sp³-hybridized carbons (Fsp3) is 0.556. The molecule has 1 aromatic rings. The minimum absolute atomic E-state index is 0.387. The molecule has 4 nitrogen and oxygen atoms in total. The van der Waals surface area contributed by atoms with Crippen LogP contribution in [0, 0.1) is 0 Å². The average Bonchev–Trinajstić information content (AvgIpc) is 2.12. The van der Waals surface area contributed by atoms with E-state index in [2.05, 4.69) is 14.9 Å². The van der Waals surface area contributed by atoms with Crippen LogP contribution in [0.3, 0.4) is 0 Å². The van der Waals surface area contributed by atoms with E-state index in [0.717, 1.165) is 25.5 Å². The van der Waals surface area contributed by atoms with Crippen molar-refractivity contribution in [1.82, 2.24) is 14.9 Å². The number of hydrogen-bond acceptors (Lipinski definition) is 4. The first-order valence-electron chi connectivity index (χ1n) is 4.57. The Kier molecular flexibility index (Phi) is 2.84. The van der Waals surface area contributed by atoms with E-state index < -0.39 is 0 Å². The Morgan fingerprint density at radius 2 is 2.36 bits per heavy atom. The fourth-order valence-electron chi connectivity index (χ4n) is 1.34. The Morgan fingerprint density at radius 3 is 2.86 bits per heavy atom. The monoisotopic (exact) mass is 213 g/mol. The number of nitrogens with zero attached hydrogens (tertiary/aromatic N) is 3. The molecule has 0 N–H and O–H groups in total. The van der Waals surface area contributed by atoms with Crippen LogP contribution in [-0.2, 0) is 6.54 Å². The van der Waals surface area contributed by atoms with Crippen LogP contribution in [-0.4, -0.2) is 35.1 Å². The summed E-state index contributed by atoms with van der Waals surface area (Å²) in [5.74, 6) is 1.29. The van der Waals surface area contributed by atoms with Gasteiger partial charge in [-0.25, -0.2) is 9.97 Å². The highest BCUT2D eigenvalue weighted by atomic mass is 35.5. The maximum absolute atomic E-state index is 5.88. The Labute approximate surface area is 87.9 Å². The molecule has 1 aromatic heterocycles. The smallest absolute Gasteiger partial charge is 0.174 e. The van der Waals surface area contributed by atoms with Crippen LogP contribution < -0.4 is 4.74 Å². The summed E-state index contributed by atoms with van der Waals surface area (Å²) in [5, 5.41) is 0.387. The molecule has 14 heavy (non-hydrogen) atoms. The molecule has 0 radical (unpaired) electrons. The average molecular weight is 214 g/mol. The summed E-state index contributed by atoms with van der Waals surface area (Å²) in [7, 11) is 1.56. The third-order valence-electron chi connectivity index (χ3n) is 2.29. The summed E-state index contributed by atoms with van der Waals surface area (Å²) in [6.07, 6.45) is 2.88. The minimum Gasteiger partial charge on any atom is -0.492 e. The van der Waals surface area contributed by atoms with Gasteiger partial charge in [-0.2, -0.15) is 0 Å². The number of hydrogen-bond donors (Lipinski definition) is 0. The minimum atomic E-state index is 0.387. The highest BCUT2D eigenvalue weighted by molar-refractivity contribution is 6.30. The van der Waals surface area contributed by atoms with Crippen molar-refractivity contribution in [1.29, 1.82) is 0 Å². The molecular formula is C9H12ClN3O. The zero-order valence-electron chi connectivity index (χ0n) is 8.03. The van der Waals surface area contributed by atoms with Crippen molar-refractivity contribution in [3.8, 4) is 5.75 Å². The molecule has 1 aliphatic heterocycles. The number of ether oxygens (including phenoxy) is 1. The standard InChI is InChI=1S/C9H12ClN3O/c1-14-7-5-11-8(12-9(7)10)6-13-3-2-4-13/h5H,2-4,6H2,1H3. The van der Waals surface area contributed by atoms with Crippen molar-refractivity contribution in [2.75, 3.05) is 20.2 Å². The molecule has 0 aliphatic carbocycles. The van der Waals surface area contributed by atoms with Crippen molar-refractivity contribution < 1.29 is 4.74 Å². The molecule has 0 unspecified atom stereocenters. The van der Waals surface area contributed by atoms with Crippen molar-refractivity contribution in [2.45, 2.75) is 13.0 Å². The van der Waals surface area contributed by atoms with Gasteiger partial charge in [0, 0.05) is 0 Å². The van der Waals surface area contributed by atoms with Gasteiger partial charge < -0.3 is 4.74 Å². The van der Waals surface area contributed by atoms with E-state index in [-0.39, 0.29) is 0 Å². The maximum Gasteiger partial charge on any atom is 0.174 e. The quantitative estimate of drug-likeness (QED) is 0.711. The zero-order chi connectivity index (χ0) is 9.97. The first-order chi connectivity index (χ1) is 6.79. The molecule has 0 atom stereocenters.